The highest BCUT2D eigenvalue weighted by atomic mass is 19.1. The molecule has 0 aliphatic heterocycles. The molecule has 0 unspecified atom stereocenters. The molecular formula is C27H26FN3O3. The zero-order valence-electron chi connectivity index (χ0n) is 19.0. The average Bonchev–Trinajstić information content (AvgIpc) is 2.84. The molecule has 4 aromatic rings. The predicted octanol–water partition coefficient (Wildman–Crippen LogP) is 4.47. The number of para-hydroxylation sites is 1. The van der Waals surface area contributed by atoms with Crippen molar-refractivity contribution in [1.82, 2.24) is 9.13 Å². The fraction of sp³-hybridized carbons (Fsp3) is 0.222. The van der Waals surface area contributed by atoms with Gasteiger partial charge in [-0.25, -0.2) is 9.18 Å². The second kappa shape index (κ2) is 10.3. The topological polar surface area (TPSA) is 73.1 Å². The van der Waals surface area contributed by atoms with E-state index in [1.165, 1.54) is 21.3 Å². The molecule has 1 heterocycles. The third-order valence-corrected chi connectivity index (χ3v) is 5.76. The Labute approximate surface area is 196 Å². The van der Waals surface area contributed by atoms with Crippen LogP contribution < -0.4 is 16.6 Å². The number of hydrogen-bond acceptors (Lipinski definition) is 3. The van der Waals surface area contributed by atoms with Crippen LogP contribution in [0.2, 0.25) is 0 Å². The molecule has 0 aliphatic rings. The minimum Gasteiger partial charge on any atom is -0.326 e. The number of hydrogen-bond donors (Lipinski definition) is 1. The van der Waals surface area contributed by atoms with Crippen LogP contribution in [0.5, 0.6) is 0 Å². The maximum atomic E-state index is 13.3. The van der Waals surface area contributed by atoms with Gasteiger partial charge >= 0.3 is 5.69 Å². The molecule has 4 rings (SSSR count). The van der Waals surface area contributed by atoms with Crippen molar-refractivity contribution in [2.75, 3.05) is 5.32 Å². The van der Waals surface area contributed by atoms with Gasteiger partial charge in [-0.05, 0) is 61.7 Å². The highest BCUT2D eigenvalue weighted by Gasteiger charge is 2.13. The minimum absolute atomic E-state index is 0.108. The highest BCUT2D eigenvalue weighted by Crippen LogP contribution is 2.12. The number of amides is 1. The number of aryl methyl sites for hydroxylation is 1. The number of aromatic nitrogens is 2. The van der Waals surface area contributed by atoms with Gasteiger partial charge in [-0.1, -0.05) is 42.0 Å². The molecule has 0 fully saturated rings. The van der Waals surface area contributed by atoms with Crippen molar-refractivity contribution in [1.29, 1.82) is 0 Å². The van der Waals surface area contributed by atoms with E-state index in [2.05, 4.69) is 5.32 Å². The predicted molar refractivity (Wildman–Crippen MR) is 132 cm³/mol. The Morgan fingerprint density at radius 1 is 0.882 bits per heavy atom. The number of halogens is 1. The van der Waals surface area contributed by atoms with Crippen LogP contribution >= 0.6 is 0 Å². The maximum Gasteiger partial charge on any atom is 0.331 e. The summed E-state index contributed by atoms with van der Waals surface area (Å²) in [7, 11) is 0. The van der Waals surface area contributed by atoms with Gasteiger partial charge < -0.3 is 5.32 Å². The third kappa shape index (κ3) is 5.31. The van der Waals surface area contributed by atoms with E-state index in [1.807, 2.05) is 31.2 Å². The van der Waals surface area contributed by atoms with Crippen molar-refractivity contribution in [3.05, 3.63) is 111 Å². The van der Waals surface area contributed by atoms with Gasteiger partial charge in [0.05, 0.1) is 17.4 Å². The van der Waals surface area contributed by atoms with Crippen molar-refractivity contribution in [2.45, 2.75) is 39.3 Å². The molecular weight excluding hydrogens is 433 g/mol. The quantitative estimate of drug-likeness (QED) is 0.395. The molecule has 3 aromatic carbocycles. The first kappa shape index (κ1) is 23.2. The summed E-state index contributed by atoms with van der Waals surface area (Å²) in [5.74, 6) is -0.458. The van der Waals surface area contributed by atoms with Gasteiger partial charge in [-0.15, -0.1) is 0 Å². The number of carbonyl (C=O) groups is 1. The van der Waals surface area contributed by atoms with Crippen LogP contribution in [0.3, 0.4) is 0 Å². The van der Waals surface area contributed by atoms with Gasteiger partial charge in [0.15, 0.2) is 0 Å². The first-order valence-corrected chi connectivity index (χ1v) is 11.3. The average molecular weight is 460 g/mol. The molecule has 0 aliphatic carbocycles. The van der Waals surface area contributed by atoms with Crippen molar-refractivity contribution in [2.24, 2.45) is 0 Å². The first-order valence-electron chi connectivity index (χ1n) is 11.3. The first-order chi connectivity index (χ1) is 16.4. The normalized spacial score (nSPS) is 11.0. The second-order valence-electron chi connectivity index (χ2n) is 8.34. The van der Waals surface area contributed by atoms with Crippen LogP contribution in [0.25, 0.3) is 10.9 Å². The fourth-order valence-electron chi connectivity index (χ4n) is 3.91. The van der Waals surface area contributed by atoms with E-state index in [-0.39, 0.29) is 30.4 Å². The Hall–Kier alpha value is -4.00. The van der Waals surface area contributed by atoms with E-state index in [9.17, 15) is 18.8 Å². The Balaban J connectivity index is 1.49. The van der Waals surface area contributed by atoms with Gasteiger partial charge in [0, 0.05) is 18.7 Å². The third-order valence-electron chi connectivity index (χ3n) is 5.76. The molecule has 34 heavy (non-hydrogen) atoms. The maximum absolute atomic E-state index is 13.3. The molecule has 0 bridgehead atoms. The summed E-state index contributed by atoms with van der Waals surface area (Å²) in [6.07, 6.45) is 1.33. The summed E-state index contributed by atoms with van der Waals surface area (Å²) < 4.78 is 16.1. The molecule has 0 radical (unpaired) electrons. The highest BCUT2D eigenvalue weighted by molar-refractivity contribution is 5.90. The van der Waals surface area contributed by atoms with E-state index in [0.29, 0.717) is 30.2 Å². The van der Waals surface area contributed by atoms with Crippen LogP contribution in [-0.2, 0) is 17.9 Å². The zero-order valence-corrected chi connectivity index (χ0v) is 19.0. The number of unbranched alkanes of at least 4 members (excludes halogenated alkanes) is 1. The molecule has 0 atom stereocenters. The van der Waals surface area contributed by atoms with Crippen LogP contribution in [0.1, 0.15) is 30.4 Å². The van der Waals surface area contributed by atoms with E-state index < -0.39 is 5.69 Å². The number of carbonyl (C=O) groups excluding carboxylic acids is 1. The number of nitrogens with zero attached hydrogens (tertiary/aromatic N) is 2. The summed E-state index contributed by atoms with van der Waals surface area (Å²) >= 11 is 0. The molecule has 7 heteroatoms. The van der Waals surface area contributed by atoms with Gasteiger partial charge in [-0.3, -0.25) is 18.7 Å². The number of rotatable bonds is 8. The van der Waals surface area contributed by atoms with E-state index in [1.54, 1.807) is 36.4 Å². The Kier molecular flexibility index (Phi) is 7.01. The van der Waals surface area contributed by atoms with Crippen LogP contribution in [0, 0.1) is 12.7 Å². The van der Waals surface area contributed by atoms with Gasteiger partial charge in [0.2, 0.25) is 5.91 Å². The Bertz CT molecular complexity index is 1420. The lowest BCUT2D eigenvalue weighted by atomic mass is 10.2. The minimum atomic E-state index is -0.419. The molecule has 174 valence electrons. The number of benzene rings is 3. The summed E-state index contributed by atoms with van der Waals surface area (Å²) in [5, 5.41) is 3.30. The van der Waals surface area contributed by atoms with E-state index >= 15 is 0 Å². The standard InChI is InChI=1S/C27H26FN3O3/c1-19-9-15-22(16-10-19)29-25(32)8-4-5-17-30-26(33)23-6-2-3-7-24(23)31(27(30)34)18-20-11-13-21(28)14-12-20/h2-3,6-7,9-16H,4-5,8,17-18H2,1H3,(H,29,32). The summed E-state index contributed by atoms with van der Waals surface area (Å²) in [6, 6.07) is 20.5. The van der Waals surface area contributed by atoms with Crippen LogP contribution in [0.15, 0.2) is 82.4 Å². The molecule has 0 saturated heterocycles. The lowest BCUT2D eigenvalue weighted by Crippen LogP contribution is -2.40. The van der Waals surface area contributed by atoms with Gasteiger partial charge in [-0.2, -0.15) is 0 Å². The van der Waals surface area contributed by atoms with E-state index in [0.717, 1.165) is 16.8 Å². The van der Waals surface area contributed by atoms with E-state index in [4.69, 9.17) is 0 Å². The number of nitrogens with one attached hydrogen (secondary N) is 1. The number of fused-ring (bicyclic) bond motifs is 1. The van der Waals surface area contributed by atoms with Crippen molar-refractivity contribution in [3.8, 4) is 0 Å². The zero-order chi connectivity index (χ0) is 24.1. The van der Waals surface area contributed by atoms with Crippen molar-refractivity contribution >= 4 is 22.5 Å². The molecule has 1 N–H and O–H groups in total. The largest absolute Gasteiger partial charge is 0.331 e. The lowest BCUT2D eigenvalue weighted by Gasteiger charge is -2.14. The molecule has 0 spiro atoms. The molecule has 1 amide bonds. The van der Waals surface area contributed by atoms with Crippen LogP contribution in [0.4, 0.5) is 10.1 Å². The van der Waals surface area contributed by atoms with Gasteiger partial charge in [0.1, 0.15) is 5.82 Å². The summed E-state index contributed by atoms with van der Waals surface area (Å²) in [6.45, 7) is 2.41. The van der Waals surface area contributed by atoms with Crippen LogP contribution in [-0.4, -0.2) is 15.0 Å². The Morgan fingerprint density at radius 2 is 1.59 bits per heavy atom. The van der Waals surface area contributed by atoms with Crippen molar-refractivity contribution in [3.63, 3.8) is 0 Å². The summed E-state index contributed by atoms with van der Waals surface area (Å²) in [4.78, 5) is 38.5. The molecule has 0 saturated carbocycles. The Morgan fingerprint density at radius 3 is 2.32 bits per heavy atom. The summed E-state index contributed by atoms with van der Waals surface area (Å²) in [5.41, 5.74) is 2.38. The smallest absolute Gasteiger partial charge is 0.326 e. The monoisotopic (exact) mass is 459 g/mol. The number of anilines is 1. The van der Waals surface area contributed by atoms with Gasteiger partial charge in [0.25, 0.3) is 5.56 Å². The lowest BCUT2D eigenvalue weighted by molar-refractivity contribution is -0.116. The SMILES string of the molecule is Cc1ccc(NC(=O)CCCCn2c(=O)c3ccccc3n(Cc3ccc(F)cc3)c2=O)cc1. The molecule has 1 aromatic heterocycles. The van der Waals surface area contributed by atoms with Crippen molar-refractivity contribution < 1.29 is 9.18 Å². The fourth-order valence-corrected chi connectivity index (χ4v) is 3.91. The second-order valence-corrected chi connectivity index (χ2v) is 8.34. The molecule has 6 nitrogen and oxygen atoms in total.